The molecule has 0 aromatic heterocycles. The summed E-state index contributed by atoms with van der Waals surface area (Å²) < 4.78 is 42.3. The first-order valence-corrected chi connectivity index (χ1v) is 38.3. The highest BCUT2D eigenvalue weighted by molar-refractivity contribution is 6.76. The van der Waals surface area contributed by atoms with Crippen molar-refractivity contribution in [2.45, 2.75) is 249 Å². The van der Waals surface area contributed by atoms with Crippen molar-refractivity contribution in [3.8, 4) is 11.8 Å². The molecule has 0 bridgehead atoms. The fraction of sp³-hybridized carbons (Fsp3) is 0.662. The third-order valence-corrected chi connectivity index (χ3v) is 22.1. The van der Waals surface area contributed by atoms with Gasteiger partial charge >= 0.3 is 11.9 Å². The summed E-state index contributed by atoms with van der Waals surface area (Å²) in [5.74, 6) is 5.19. The highest BCUT2D eigenvalue weighted by Crippen LogP contribution is 2.38. The van der Waals surface area contributed by atoms with E-state index in [1.807, 2.05) is 110 Å². The number of ether oxygens (including phenoxy) is 6. The lowest BCUT2D eigenvalue weighted by molar-refractivity contribution is -0.152. The molecule has 2 aliphatic heterocycles. The lowest BCUT2D eigenvalue weighted by Crippen LogP contribution is -2.41. The summed E-state index contributed by atoms with van der Waals surface area (Å²) in [6.07, 6.45) is 13.0. The SMILES string of the molecule is C.C.CC[C@H](C)C#CCC1OC(C)(C)O[C@H]1C/C=C/c1cc(C)cc(C)c1C(=O)OCC[Si](C)(C)C.Cc1cc(C)c(C(=O)OCC[Si](C)(C)C)c(/C=C/C[C@@H]2OC(C)(C)OC2C(O)/C=C\[C@@H](C)CO[Si](C)(C)C(C)(C)C)c1. The van der Waals surface area contributed by atoms with Crippen LogP contribution in [0, 0.1) is 51.4 Å². The number of hydrogen-bond donors (Lipinski definition) is 1. The zero-order valence-corrected chi connectivity index (χ0v) is 54.3. The molecule has 10 nitrogen and oxygen atoms in total. The maximum absolute atomic E-state index is 13.1. The largest absolute Gasteiger partial charge is 0.462 e. The van der Waals surface area contributed by atoms with Crippen LogP contribution in [0.4, 0.5) is 0 Å². The van der Waals surface area contributed by atoms with Crippen molar-refractivity contribution >= 4 is 48.6 Å². The molecule has 0 saturated carbocycles. The molecular weight excluding hydrogens is 1020 g/mol. The number of aliphatic hydroxyl groups excluding tert-OH is 1. The summed E-state index contributed by atoms with van der Waals surface area (Å²) in [6, 6.07) is 10.0. The molecular formula is C65H110O10Si3. The van der Waals surface area contributed by atoms with Crippen molar-refractivity contribution in [3.05, 3.63) is 93.1 Å². The van der Waals surface area contributed by atoms with Crippen LogP contribution in [0.25, 0.3) is 12.2 Å². The summed E-state index contributed by atoms with van der Waals surface area (Å²) in [4.78, 5) is 26.0. The molecule has 2 fully saturated rings. The summed E-state index contributed by atoms with van der Waals surface area (Å²) >= 11 is 0. The van der Waals surface area contributed by atoms with E-state index in [0.717, 1.165) is 51.9 Å². The van der Waals surface area contributed by atoms with Crippen LogP contribution in [-0.4, -0.2) is 103 Å². The van der Waals surface area contributed by atoms with Crippen LogP contribution in [0.2, 0.25) is 69.5 Å². The molecule has 0 amide bonds. The van der Waals surface area contributed by atoms with E-state index in [1.54, 1.807) is 0 Å². The van der Waals surface area contributed by atoms with Crippen LogP contribution in [0.5, 0.6) is 0 Å². The van der Waals surface area contributed by atoms with Crippen LogP contribution in [0.15, 0.2) is 48.6 Å². The molecule has 442 valence electrons. The summed E-state index contributed by atoms with van der Waals surface area (Å²) in [5.41, 5.74) is 7.02. The average Bonchev–Trinajstić information content (AvgIpc) is 3.75. The lowest BCUT2D eigenvalue weighted by Gasteiger charge is -2.36. The van der Waals surface area contributed by atoms with Gasteiger partial charge in [0, 0.05) is 35.1 Å². The Labute approximate surface area is 479 Å². The van der Waals surface area contributed by atoms with Gasteiger partial charge in [-0.25, -0.2) is 9.59 Å². The highest BCUT2D eigenvalue weighted by atomic mass is 28.4. The molecule has 1 N–H and O–H groups in total. The van der Waals surface area contributed by atoms with E-state index < -0.39 is 48.2 Å². The molecule has 2 aromatic carbocycles. The maximum Gasteiger partial charge on any atom is 0.338 e. The van der Waals surface area contributed by atoms with Gasteiger partial charge in [0.2, 0.25) is 0 Å². The summed E-state index contributed by atoms with van der Waals surface area (Å²) in [5, 5.41) is 11.3. The number of esters is 2. The fourth-order valence-electron chi connectivity index (χ4n) is 8.60. The molecule has 3 unspecified atom stereocenters. The van der Waals surface area contributed by atoms with Gasteiger partial charge in [0.15, 0.2) is 19.9 Å². The molecule has 7 atom stereocenters. The van der Waals surface area contributed by atoms with Crippen molar-refractivity contribution in [2.24, 2.45) is 11.8 Å². The number of carbonyl (C=O) groups is 2. The van der Waals surface area contributed by atoms with Gasteiger partial charge in [-0.05, 0) is 133 Å². The van der Waals surface area contributed by atoms with Gasteiger partial charge in [0.1, 0.15) is 12.2 Å². The van der Waals surface area contributed by atoms with Crippen molar-refractivity contribution in [1.29, 1.82) is 0 Å². The molecule has 78 heavy (non-hydrogen) atoms. The van der Waals surface area contributed by atoms with E-state index in [9.17, 15) is 14.7 Å². The minimum Gasteiger partial charge on any atom is -0.462 e. The first-order valence-electron chi connectivity index (χ1n) is 28.0. The molecule has 0 spiro atoms. The fourth-order valence-corrected chi connectivity index (χ4v) is 11.1. The van der Waals surface area contributed by atoms with Crippen molar-refractivity contribution in [2.75, 3.05) is 19.8 Å². The Kier molecular flexibility index (Phi) is 29.0. The summed E-state index contributed by atoms with van der Waals surface area (Å²) in [7, 11) is -4.40. The Morgan fingerprint density at radius 1 is 0.692 bits per heavy atom. The van der Waals surface area contributed by atoms with Crippen LogP contribution >= 0.6 is 0 Å². The summed E-state index contributed by atoms with van der Waals surface area (Å²) in [6.45, 7) is 48.4. The predicted molar refractivity (Wildman–Crippen MR) is 336 cm³/mol. The van der Waals surface area contributed by atoms with Gasteiger partial charge in [0.05, 0.1) is 42.7 Å². The van der Waals surface area contributed by atoms with Crippen molar-refractivity contribution < 1.29 is 47.5 Å². The minimum atomic E-state index is -1.83. The number of rotatable bonds is 22. The standard InChI is InChI=1S/C34H58O6Si2.C29H44O4Si.2CH4/c1-24(23-38-42(12,13)33(4,5)6)17-18-28(35)31-29(39-34(7,8)40-31)16-14-15-27-22-25(2)21-26(3)30(27)32(36)37-19-20-41(9,10)11;1-10-21(2)13-11-15-25-26(33-29(5,6)32-25)16-12-14-24-20-22(3)19-23(4)27(24)28(30)31-17-18-34(7,8)9;;/h14-15,17-18,21-22,24,28-29,31,35H,16,19-20,23H2,1-13H3;12,14,19-21,25-26H,10,15-18H2,1-9H3;2*1H4/b15-14+,18-17-;14-12+;;/t24-,28?,29+,31?;21-,25?,26-;;/m10../s1. The van der Waals surface area contributed by atoms with Crippen molar-refractivity contribution in [1.82, 2.24) is 0 Å². The Hall–Kier alpha value is -3.43. The Morgan fingerprint density at radius 3 is 1.58 bits per heavy atom. The van der Waals surface area contributed by atoms with Gasteiger partial charge in [-0.1, -0.05) is 168 Å². The smallest absolute Gasteiger partial charge is 0.338 e. The second-order valence-electron chi connectivity index (χ2n) is 26.4. The van der Waals surface area contributed by atoms with Crippen LogP contribution in [0.1, 0.15) is 164 Å². The number of aryl methyl sites for hydroxylation is 4. The molecule has 2 aliphatic rings. The first-order chi connectivity index (χ1) is 34.9. The monoisotopic (exact) mass is 1130 g/mol. The maximum atomic E-state index is 13.1. The zero-order valence-electron chi connectivity index (χ0n) is 51.3. The van der Waals surface area contributed by atoms with Gasteiger partial charge in [-0.3, -0.25) is 0 Å². The zero-order chi connectivity index (χ0) is 57.6. The Balaban J connectivity index is 0.000000776. The topological polar surface area (TPSA) is 119 Å². The van der Waals surface area contributed by atoms with Gasteiger partial charge < -0.3 is 38.0 Å². The predicted octanol–water partition coefficient (Wildman–Crippen LogP) is 16.7. The highest BCUT2D eigenvalue weighted by Gasteiger charge is 2.44. The molecule has 2 heterocycles. The molecule has 0 radical (unpaired) electrons. The quantitative estimate of drug-likeness (QED) is 0.0528. The van der Waals surface area contributed by atoms with E-state index in [1.165, 1.54) is 0 Å². The lowest BCUT2D eigenvalue weighted by atomic mass is 9.97. The molecule has 2 aromatic rings. The molecule has 13 heteroatoms. The second-order valence-corrected chi connectivity index (χ2v) is 42.4. The normalized spacial score (nSPS) is 20.5. The van der Waals surface area contributed by atoms with Gasteiger partial charge in [0.25, 0.3) is 0 Å². The number of aliphatic hydroxyl groups is 1. The third kappa shape index (κ3) is 24.7. The van der Waals surface area contributed by atoms with Crippen LogP contribution in [0.3, 0.4) is 0 Å². The molecule has 4 rings (SSSR count). The Bertz CT molecular complexity index is 2370. The van der Waals surface area contributed by atoms with Gasteiger partial charge in [-0.2, -0.15) is 0 Å². The van der Waals surface area contributed by atoms with E-state index in [0.29, 0.717) is 56.1 Å². The minimum absolute atomic E-state index is 0. The number of hydrogen-bond acceptors (Lipinski definition) is 10. The van der Waals surface area contributed by atoms with E-state index in [4.69, 9.17) is 32.8 Å². The van der Waals surface area contributed by atoms with Crippen LogP contribution in [-0.2, 0) is 32.8 Å². The van der Waals surface area contributed by atoms with Crippen molar-refractivity contribution in [3.63, 3.8) is 0 Å². The average molecular weight is 1140 g/mol. The first kappa shape index (κ1) is 72.6. The second kappa shape index (κ2) is 31.1. The van der Waals surface area contributed by atoms with E-state index in [-0.39, 0.29) is 56.1 Å². The molecule has 2 saturated heterocycles. The van der Waals surface area contributed by atoms with E-state index >= 15 is 0 Å². The van der Waals surface area contributed by atoms with E-state index in [2.05, 4.69) is 112 Å². The number of benzene rings is 2. The van der Waals surface area contributed by atoms with Gasteiger partial charge in [-0.15, -0.1) is 11.8 Å². The number of carbonyl (C=O) groups excluding carboxylic acids is 2. The van der Waals surface area contributed by atoms with Crippen LogP contribution < -0.4 is 0 Å². The molecule has 0 aliphatic carbocycles. The third-order valence-electron chi connectivity index (χ3n) is 14.2. The Morgan fingerprint density at radius 2 is 1.13 bits per heavy atom.